The van der Waals surface area contributed by atoms with E-state index in [9.17, 15) is 62.9 Å². The molecule has 0 aliphatic carbocycles. The maximum Gasteiger partial charge on any atom is 0.291 e. The van der Waals surface area contributed by atoms with Crippen LogP contribution in [0.4, 0.5) is 34.4 Å². The highest BCUT2D eigenvalue weighted by Gasteiger charge is 2.34. The summed E-state index contributed by atoms with van der Waals surface area (Å²) in [4.78, 5) is 176. The van der Waals surface area contributed by atoms with Crippen LogP contribution in [0.1, 0.15) is 142 Å². The van der Waals surface area contributed by atoms with Crippen molar-refractivity contribution < 1.29 is 90.7 Å². The van der Waals surface area contributed by atoms with Gasteiger partial charge in [-0.05, 0) is 92.9 Å². The minimum absolute atomic E-state index is 0.0116. The van der Waals surface area contributed by atoms with Gasteiger partial charge in [-0.1, -0.05) is 43.5 Å². The third-order valence-electron chi connectivity index (χ3n) is 20.4. The second kappa shape index (κ2) is 53.8. The Bertz CT molecular complexity index is 5530. The number of hydrogen-bond acceptors (Lipinski definition) is 26. The Labute approximate surface area is 789 Å². The number of halogens is 1. The largest absolute Gasteiger partial charge is 0.497 e. The van der Waals surface area contributed by atoms with Gasteiger partial charge in [0.25, 0.3) is 29.5 Å². The van der Waals surface area contributed by atoms with Gasteiger partial charge in [0.1, 0.15) is 59.3 Å². The van der Waals surface area contributed by atoms with Crippen LogP contribution < -0.4 is 89.2 Å². The molecule has 46 nitrogen and oxygen atoms in total. The molecular formula is C89H118ClN27O19. The fraction of sp³-hybridized carbons (Fsp3) is 0.427. The number of amides is 12. The van der Waals surface area contributed by atoms with Crippen LogP contribution >= 0.6 is 11.6 Å². The molecule has 730 valence electrons. The molecule has 0 spiro atoms. The summed E-state index contributed by atoms with van der Waals surface area (Å²) in [6.45, 7) is 5.91. The second-order valence-electron chi connectivity index (χ2n) is 31.0. The molecule has 1 aliphatic heterocycles. The van der Waals surface area contributed by atoms with Crippen LogP contribution in [0.2, 0.25) is 5.02 Å². The van der Waals surface area contributed by atoms with E-state index in [4.69, 9.17) is 66.3 Å². The lowest BCUT2D eigenvalue weighted by Crippen LogP contribution is -2.54. The van der Waals surface area contributed by atoms with E-state index >= 15 is 0 Å². The molecule has 12 amide bonds. The summed E-state index contributed by atoms with van der Waals surface area (Å²) in [7, 11) is 9.53. The van der Waals surface area contributed by atoms with Crippen molar-refractivity contribution in [1.29, 1.82) is 16.2 Å². The molecule has 136 heavy (non-hydrogen) atoms. The molecule has 6 heterocycles. The molecule has 0 unspecified atom stereocenters. The lowest BCUT2D eigenvalue weighted by molar-refractivity contribution is -0.132. The summed E-state index contributed by atoms with van der Waals surface area (Å²) in [5, 5.41) is 61.0. The highest BCUT2D eigenvalue weighted by atomic mass is 35.5. The monoisotopic (exact) mass is 1900 g/mol. The summed E-state index contributed by atoms with van der Waals surface area (Å²) in [5.41, 5.74) is 9.34. The number of guanidine groups is 1. The number of aliphatic imine (C=N–C) groups is 1. The number of carbonyl (C=O) groups excluding carboxylic acids is 12. The van der Waals surface area contributed by atoms with E-state index in [0.29, 0.717) is 69.7 Å². The summed E-state index contributed by atoms with van der Waals surface area (Å²) >= 11 is 6.23. The van der Waals surface area contributed by atoms with Crippen molar-refractivity contribution in [3.8, 4) is 11.5 Å². The van der Waals surface area contributed by atoms with Gasteiger partial charge >= 0.3 is 0 Å². The number of nitrogens with one attached hydrogen (secondary N) is 16. The number of methoxy groups -OCH3 is 1. The topological polar surface area (TPSA) is 602 Å². The predicted octanol–water partition coefficient (Wildman–Crippen LogP) is 3.60. The van der Waals surface area contributed by atoms with E-state index in [1.54, 1.807) is 121 Å². The van der Waals surface area contributed by atoms with Crippen molar-refractivity contribution in [2.24, 2.45) is 46.0 Å². The third-order valence-corrected chi connectivity index (χ3v) is 20.7. The van der Waals surface area contributed by atoms with Gasteiger partial charge in [-0.2, -0.15) is 0 Å². The Balaban J connectivity index is 0.568. The average molecular weight is 1910 g/mol. The highest BCUT2D eigenvalue weighted by Crippen LogP contribution is 2.34. The van der Waals surface area contributed by atoms with Gasteiger partial charge in [-0.15, -0.1) is 0 Å². The predicted molar refractivity (Wildman–Crippen MR) is 504 cm³/mol. The number of benzodiazepines with no additional fused rings is 1. The molecule has 47 heteroatoms. The molecule has 9 rings (SSSR count). The average Bonchev–Trinajstić information content (AvgIpc) is 1.61. The van der Waals surface area contributed by atoms with Crippen LogP contribution in [0.3, 0.4) is 0 Å². The molecule has 0 saturated heterocycles. The number of nitrogens with two attached hydrogens (primary N) is 1. The first kappa shape index (κ1) is 105. The molecule has 0 fully saturated rings. The quantitative estimate of drug-likeness (QED) is 0.0147. The van der Waals surface area contributed by atoms with Crippen LogP contribution in [0.5, 0.6) is 11.5 Å². The molecule has 5 aromatic heterocycles. The van der Waals surface area contributed by atoms with Crippen molar-refractivity contribution in [2.45, 2.75) is 96.2 Å². The molecule has 0 radical (unpaired) electrons. The van der Waals surface area contributed by atoms with Gasteiger partial charge in [0, 0.05) is 159 Å². The summed E-state index contributed by atoms with van der Waals surface area (Å²) < 4.78 is 46.8. The Kier molecular flexibility index (Phi) is 41.5. The van der Waals surface area contributed by atoms with E-state index in [-0.39, 0.29) is 220 Å². The zero-order valence-electron chi connectivity index (χ0n) is 77.0. The Morgan fingerprint density at radius 2 is 1.00 bits per heavy atom. The van der Waals surface area contributed by atoms with Crippen LogP contribution in [0.25, 0.3) is 0 Å². The number of hydrogen-bond donors (Lipinski definition) is 17. The minimum atomic E-state index is -1.03. The smallest absolute Gasteiger partial charge is 0.291 e. The summed E-state index contributed by atoms with van der Waals surface area (Å²) in [5.74, 6) is -4.93. The normalized spacial score (nSPS) is 12.6. The zero-order chi connectivity index (χ0) is 98.2. The molecule has 3 atom stereocenters. The Hall–Kier alpha value is -14.7. The minimum Gasteiger partial charge on any atom is -0.497 e. The number of imidazole rings is 3. The number of amidine groups is 2. The number of carbonyl (C=O) groups is 12. The maximum atomic E-state index is 13.8. The molecular weight excluding hydrogens is 1790 g/mol. The molecule has 8 aromatic rings. The first-order chi connectivity index (χ1) is 65.3. The number of anilines is 6. The number of aryl methyl sites for hydroxylation is 5. The fourth-order valence-electron chi connectivity index (χ4n) is 13.6. The molecule has 3 aromatic carbocycles. The number of nitrogens with zero attached hydrogens (tertiary/aromatic N) is 10. The van der Waals surface area contributed by atoms with Crippen LogP contribution in [0.15, 0.2) is 121 Å². The van der Waals surface area contributed by atoms with E-state index in [0.717, 1.165) is 6.42 Å². The number of rotatable bonds is 56. The third kappa shape index (κ3) is 33.5. The van der Waals surface area contributed by atoms with Crippen molar-refractivity contribution in [2.75, 3.05) is 151 Å². The van der Waals surface area contributed by atoms with Gasteiger partial charge in [-0.25, -0.2) is 15.0 Å². The van der Waals surface area contributed by atoms with E-state index in [2.05, 4.69) is 84.1 Å². The number of fused-ring (bicyclic) bond motifs is 1. The SMILES string of the molecule is CCCC[C@H](NC(=O)[C@H](CCCNC(=N)N)NC(=O)CCOCCOCCOCCNC(=O)CCNC(=O)c1nc(NC(=O)CCNC(=O)c2cc(NC(=O)c3nc(NC(=O)CCNC(=O)c4cc(NC(=O)c5nccn5C)cn4C)cn3C)cn2C)cn1C)C(=O)NCCOCCOCCOc1ccc(NC(=O)C[C@@H]2N=C(c3ccc(Cl)cc3)c3cc(OC)ccc3N(C(C)=N)C2=N)cc1. The van der Waals surface area contributed by atoms with Crippen LogP contribution in [0, 0.1) is 16.2 Å². The van der Waals surface area contributed by atoms with Crippen LogP contribution in [-0.4, -0.2) is 269 Å². The van der Waals surface area contributed by atoms with E-state index in [1.165, 1.54) is 60.1 Å². The molecule has 1 aliphatic rings. The van der Waals surface area contributed by atoms with Gasteiger partial charge in [0.05, 0.1) is 102 Å². The zero-order valence-corrected chi connectivity index (χ0v) is 77.7. The van der Waals surface area contributed by atoms with E-state index < -0.39 is 83.1 Å². The molecule has 18 N–H and O–H groups in total. The van der Waals surface area contributed by atoms with Crippen molar-refractivity contribution in [3.63, 3.8) is 0 Å². The summed E-state index contributed by atoms with van der Waals surface area (Å²) in [6, 6.07) is 19.2. The Morgan fingerprint density at radius 1 is 0.478 bits per heavy atom. The fourth-order valence-corrected chi connectivity index (χ4v) is 13.8. The van der Waals surface area contributed by atoms with Crippen LogP contribution in [-0.2, 0) is 92.5 Å². The lowest BCUT2D eigenvalue weighted by Gasteiger charge is -2.26. The van der Waals surface area contributed by atoms with Gasteiger partial charge < -0.3 is 131 Å². The number of ether oxygens (including phenoxy) is 7. The van der Waals surface area contributed by atoms with Gasteiger partial charge in [0.2, 0.25) is 53.0 Å². The number of aromatic nitrogens is 8. The molecule has 0 bridgehead atoms. The number of benzene rings is 3. The van der Waals surface area contributed by atoms with E-state index in [1.807, 2.05) is 19.1 Å². The highest BCUT2D eigenvalue weighted by molar-refractivity contribution is 6.31. The molecule has 0 saturated carbocycles. The second-order valence-corrected chi connectivity index (χ2v) is 31.5. The summed E-state index contributed by atoms with van der Waals surface area (Å²) in [6.07, 6.45) is 10.6. The van der Waals surface area contributed by atoms with Crippen molar-refractivity contribution in [3.05, 3.63) is 161 Å². The van der Waals surface area contributed by atoms with Gasteiger partial charge in [0.15, 0.2) is 23.4 Å². The van der Waals surface area contributed by atoms with Crippen molar-refractivity contribution >= 4 is 140 Å². The Morgan fingerprint density at radius 3 is 1.56 bits per heavy atom. The van der Waals surface area contributed by atoms with Crippen molar-refractivity contribution in [1.82, 2.24) is 80.3 Å². The standard InChI is InChI=1S/C89H118ClN27O19/c1-9-10-12-64(82(123)100-34-38-133-41-44-135-45-46-136-61-20-18-58(19-21-61)102-76(122)50-66-78(92)117(55(2)91)67-23-22-62(130-8)49-63(67)77(106-66)56-14-16-57(90)17-15-56)107-83(124)65(13-11-28-101-89(93)94)105-75(121)27-36-131-39-42-134-43-40-132-37-33-95-72(118)24-29-99-86(127)80-110-70(53-115(80)6)108-73(119)25-30-98-85(126)69-48-60(52-114(69)5)104-88(129)81-111-71(54-116(81)7)109-74(120)26-31-97-84(125)68-47-59(51-113(68)4)103-87(128)79-96-32-35-112(79)3/h14-23,32,35,47-49,51-54,64-66,91-92H,9-13,24-31,33-34,36-46,50H2,1-8H3,(H,95,118)(H,97,125)(H,98,126)(H,99,127)(H,100,123)(H,102,122)(H,103,128)(H,104,129)(H,105,121)(H,107,124)(H,108,119)(H,109,120)(H4,93,94,101)/t64-,65-,66-/m0/s1. The number of unbranched alkanes of at least 4 members (excludes halogenated alkanes) is 1. The first-order valence-corrected chi connectivity index (χ1v) is 44.3. The maximum absolute atomic E-state index is 13.8. The van der Waals surface area contributed by atoms with Gasteiger partial charge in [-0.3, -0.25) is 83.7 Å². The first-order valence-electron chi connectivity index (χ1n) is 43.9. The lowest BCUT2D eigenvalue weighted by atomic mass is 9.99.